The van der Waals surface area contributed by atoms with Gasteiger partial charge in [0.15, 0.2) is 5.82 Å². The van der Waals surface area contributed by atoms with Gasteiger partial charge in [-0.05, 0) is 45.6 Å². The van der Waals surface area contributed by atoms with Crippen molar-refractivity contribution in [3.63, 3.8) is 0 Å². The van der Waals surface area contributed by atoms with Crippen LogP contribution in [0.3, 0.4) is 0 Å². The Morgan fingerprint density at radius 3 is 2.23 bits per heavy atom. The van der Waals surface area contributed by atoms with Crippen molar-refractivity contribution in [3.05, 3.63) is 30.1 Å². The summed E-state index contributed by atoms with van der Waals surface area (Å²) in [7, 11) is 1.53. The van der Waals surface area contributed by atoms with E-state index in [1.807, 2.05) is 19.2 Å². The summed E-state index contributed by atoms with van der Waals surface area (Å²) in [5, 5.41) is 4.36. The lowest BCUT2D eigenvalue weighted by Crippen LogP contribution is -2.41. The van der Waals surface area contributed by atoms with Crippen LogP contribution in [0.2, 0.25) is 0 Å². The maximum absolute atomic E-state index is 6.10. The van der Waals surface area contributed by atoms with Crippen LogP contribution in [-0.2, 0) is 16.4 Å². The Kier molecular flexibility index (Phi) is 3.42. The van der Waals surface area contributed by atoms with Gasteiger partial charge in [0.05, 0.1) is 11.2 Å². The molecule has 22 heavy (non-hydrogen) atoms. The molecule has 1 aliphatic rings. The Morgan fingerprint density at radius 1 is 1.09 bits per heavy atom. The van der Waals surface area contributed by atoms with Gasteiger partial charge >= 0.3 is 7.12 Å². The third-order valence-corrected chi connectivity index (χ3v) is 4.62. The average molecular weight is 299 g/mol. The first-order chi connectivity index (χ1) is 10.2. The first-order valence-corrected chi connectivity index (χ1v) is 7.52. The summed E-state index contributed by atoms with van der Waals surface area (Å²) in [6.07, 6.45) is 1.71. The molecule has 1 saturated heterocycles. The van der Waals surface area contributed by atoms with Crippen LogP contribution >= 0.6 is 0 Å². The standard InChI is InChI=1S/C16H22BN3O2/c1-11-9-12(17-21-15(2,3)16(4,5)22-17)7-8-13(11)14-18-10-20(6)19-14/h7-10H,1-6H3. The summed E-state index contributed by atoms with van der Waals surface area (Å²) in [5.74, 6) is 0.737. The molecule has 0 spiro atoms. The molecular formula is C16H22BN3O2. The second-order valence-electron chi connectivity index (χ2n) is 6.90. The molecule has 0 radical (unpaired) electrons. The zero-order chi connectivity index (χ0) is 16.1. The molecule has 1 aliphatic heterocycles. The number of hydrogen-bond donors (Lipinski definition) is 0. The van der Waals surface area contributed by atoms with E-state index in [0.29, 0.717) is 0 Å². The Labute approximate surface area is 131 Å². The summed E-state index contributed by atoms with van der Waals surface area (Å²) in [6, 6.07) is 6.15. The summed E-state index contributed by atoms with van der Waals surface area (Å²) in [6.45, 7) is 10.3. The van der Waals surface area contributed by atoms with Gasteiger partial charge in [0.2, 0.25) is 0 Å². The second-order valence-corrected chi connectivity index (χ2v) is 6.90. The van der Waals surface area contributed by atoms with Crippen LogP contribution in [0, 0.1) is 6.92 Å². The van der Waals surface area contributed by atoms with Crippen LogP contribution in [0.5, 0.6) is 0 Å². The number of nitrogens with zero attached hydrogens (tertiary/aromatic N) is 3. The molecule has 0 N–H and O–H groups in total. The highest BCUT2D eigenvalue weighted by atomic mass is 16.7. The van der Waals surface area contributed by atoms with E-state index in [9.17, 15) is 0 Å². The Bertz CT molecular complexity index is 693. The molecular weight excluding hydrogens is 277 g/mol. The smallest absolute Gasteiger partial charge is 0.399 e. The molecule has 0 atom stereocenters. The number of aromatic nitrogens is 3. The molecule has 6 heteroatoms. The monoisotopic (exact) mass is 299 g/mol. The van der Waals surface area contributed by atoms with Crippen molar-refractivity contribution in [2.75, 3.05) is 0 Å². The van der Waals surface area contributed by atoms with Crippen LogP contribution in [-0.4, -0.2) is 33.1 Å². The molecule has 3 rings (SSSR count). The minimum absolute atomic E-state index is 0.327. The Morgan fingerprint density at radius 2 is 1.73 bits per heavy atom. The van der Waals surface area contributed by atoms with Crippen molar-refractivity contribution in [2.45, 2.75) is 45.8 Å². The fourth-order valence-electron chi connectivity index (χ4n) is 2.53. The number of rotatable bonds is 2. The molecule has 0 saturated carbocycles. The van der Waals surface area contributed by atoms with Gasteiger partial charge in [-0.3, -0.25) is 4.68 Å². The predicted molar refractivity (Wildman–Crippen MR) is 86.9 cm³/mol. The number of hydrogen-bond acceptors (Lipinski definition) is 4. The van der Waals surface area contributed by atoms with Crippen molar-refractivity contribution in [3.8, 4) is 11.4 Å². The van der Waals surface area contributed by atoms with Gasteiger partial charge in [0.25, 0.3) is 0 Å². The van der Waals surface area contributed by atoms with Crippen LogP contribution < -0.4 is 5.46 Å². The van der Waals surface area contributed by atoms with E-state index in [1.54, 1.807) is 11.0 Å². The topological polar surface area (TPSA) is 49.2 Å². The normalized spacial score (nSPS) is 19.6. The molecule has 116 valence electrons. The lowest BCUT2D eigenvalue weighted by molar-refractivity contribution is 0.00578. The molecule has 0 unspecified atom stereocenters. The lowest BCUT2D eigenvalue weighted by Gasteiger charge is -2.32. The largest absolute Gasteiger partial charge is 0.494 e. The number of benzene rings is 1. The van der Waals surface area contributed by atoms with Gasteiger partial charge in [-0.15, -0.1) is 0 Å². The third-order valence-electron chi connectivity index (χ3n) is 4.62. The van der Waals surface area contributed by atoms with Crippen LogP contribution in [0.25, 0.3) is 11.4 Å². The molecule has 0 aliphatic carbocycles. The van der Waals surface area contributed by atoms with E-state index >= 15 is 0 Å². The zero-order valence-corrected chi connectivity index (χ0v) is 14.0. The van der Waals surface area contributed by atoms with Gasteiger partial charge in [-0.25, -0.2) is 4.98 Å². The second kappa shape index (κ2) is 4.93. The fraction of sp³-hybridized carbons (Fsp3) is 0.500. The van der Waals surface area contributed by atoms with Crippen molar-refractivity contribution in [2.24, 2.45) is 7.05 Å². The molecule has 2 heterocycles. The Hall–Kier alpha value is -1.66. The number of aryl methyl sites for hydroxylation is 2. The molecule has 1 aromatic heterocycles. The van der Waals surface area contributed by atoms with Crippen LogP contribution in [0.1, 0.15) is 33.3 Å². The summed E-state index contributed by atoms with van der Waals surface area (Å²) < 4.78 is 13.9. The minimum Gasteiger partial charge on any atom is -0.399 e. The lowest BCUT2D eigenvalue weighted by atomic mass is 9.78. The van der Waals surface area contributed by atoms with E-state index < -0.39 is 0 Å². The Balaban J connectivity index is 1.90. The van der Waals surface area contributed by atoms with E-state index in [4.69, 9.17) is 9.31 Å². The summed E-state index contributed by atoms with van der Waals surface area (Å²) >= 11 is 0. The van der Waals surface area contributed by atoms with Crippen molar-refractivity contribution in [1.29, 1.82) is 0 Å². The highest BCUT2D eigenvalue weighted by Crippen LogP contribution is 2.36. The molecule has 0 bridgehead atoms. The fourth-order valence-corrected chi connectivity index (χ4v) is 2.53. The first kappa shape index (κ1) is 15.2. The van der Waals surface area contributed by atoms with Crippen molar-refractivity contribution >= 4 is 12.6 Å². The van der Waals surface area contributed by atoms with E-state index in [0.717, 1.165) is 22.4 Å². The molecule has 1 aromatic carbocycles. The van der Waals surface area contributed by atoms with E-state index in [1.165, 1.54) is 0 Å². The maximum atomic E-state index is 6.10. The summed E-state index contributed by atoms with van der Waals surface area (Å²) in [4.78, 5) is 4.31. The van der Waals surface area contributed by atoms with E-state index in [-0.39, 0.29) is 18.3 Å². The van der Waals surface area contributed by atoms with Crippen molar-refractivity contribution in [1.82, 2.24) is 14.8 Å². The van der Waals surface area contributed by atoms with Gasteiger partial charge < -0.3 is 9.31 Å². The zero-order valence-electron chi connectivity index (χ0n) is 14.0. The molecule has 0 amide bonds. The average Bonchev–Trinajstić information content (AvgIpc) is 2.91. The third kappa shape index (κ3) is 2.46. The highest BCUT2D eigenvalue weighted by molar-refractivity contribution is 6.62. The summed E-state index contributed by atoms with van der Waals surface area (Å²) in [5.41, 5.74) is 2.51. The van der Waals surface area contributed by atoms with Gasteiger partial charge in [-0.1, -0.05) is 18.2 Å². The molecule has 5 nitrogen and oxygen atoms in total. The van der Waals surface area contributed by atoms with Crippen molar-refractivity contribution < 1.29 is 9.31 Å². The van der Waals surface area contributed by atoms with E-state index in [2.05, 4.69) is 50.8 Å². The first-order valence-electron chi connectivity index (χ1n) is 7.52. The molecule has 2 aromatic rings. The van der Waals surface area contributed by atoms with Gasteiger partial charge in [-0.2, -0.15) is 5.10 Å². The van der Waals surface area contributed by atoms with Gasteiger partial charge in [0.1, 0.15) is 6.33 Å². The van der Waals surface area contributed by atoms with Crippen LogP contribution in [0.4, 0.5) is 0 Å². The molecule has 1 fully saturated rings. The van der Waals surface area contributed by atoms with Crippen LogP contribution in [0.15, 0.2) is 24.5 Å². The quantitative estimate of drug-likeness (QED) is 0.797. The van der Waals surface area contributed by atoms with Gasteiger partial charge in [0, 0.05) is 12.6 Å². The maximum Gasteiger partial charge on any atom is 0.494 e. The minimum atomic E-state index is -0.338. The SMILES string of the molecule is Cc1cc(B2OC(C)(C)C(C)(C)O2)ccc1-c1ncn(C)n1. The highest BCUT2D eigenvalue weighted by Gasteiger charge is 2.51. The predicted octanol–water partition coefficient (Wildman–Crippen LogP) is 2.09.